The topological polar surface area (TPSA) is 56.8 Å². The number of amides is 1. The van der Waals surface area contributed by atoms with Crippen molar-refractivity contribution in [3.63, 3.8) is 0 Å². The van der Waals surface area contributed by atoms with Crippen LogP contribution in [0.4, 0.5) is 0 Å². The van der Waals surface area contributed by atoms with Crippen LogP contribution in [0.1, 0.15) is 5.56 Å². The molecule has 3 N–H and O–H groups in total. The number of quaternary nitrogens is 1. The van der Waals surface area contributed by atoms with E-state index in [1.807, 2.05) is 25.2 Å². The summed E-state index contributed by atoms with van der Waals surface area (Å²) < 4.78 is 6.25. The zero-order chi connectivity index (χ0) is 12.1. The van der Waals surface area contributed by atoms with Crippen molar-refractivity contribution >= 4 is 21.8 Å². The smallest absolute Gasteiger partial charge is 0.272 e. The average Bonchev–Trinajstić information content (AvgIpc) is 2.16. The lowest BCUT2D eigenvalue weighted by atomic mass is 10.2. The molecule has 0 aromatic heterocycles. The Labute approximate surface area is 103 Å². The SMILES string of the molecule is COc1ccc(Br)cc1C[NH+](C)CC(N)=O. The molecule has 1 unspecified atom stereocenters. The first-order valence-corrected chi connectivity index (χ1v) is 5.74. The maximum absolute atomic E-state index is 10.8. The summed E-state index contributed by atoms with van der Waals surface area (Å²) >= 11 is 3.41. The van der Waals surface area contributed by atoms with Crippen LogP contribution >= 0.6 is 15.9 Å². The van der Waals surface area contributed by atoms with Gasteiger partial charge >= 0.3 is 0 Å². The van der Waals surface area contributed by atoms with Crippen molar-refractivity contribution in [2.45, 2.75) is 6.54 Å². The number of nitrogens with one attached hydrogen (secondary N) is 1. The highest BCUT2D eigenvalue weighted by molar-refractivity contribution is 9.10. The Morgan fingerprint density at radius 1 is 1.56 bits per heavy atom. The summed E-state index contributed by atoms with van der Waals surface area (Å²) in [5.41, 5.74) is 6.20. The van der Waals surface area contributed by atoms with Gasteiger partial charge in [0.1, 0.15) is 12.3 Å². The van der Waals surface area contributed by atoms with Gasteiger partial charge in [-0.05, 0) is 18.2 Å². The minimum atomic E-state index is -0.300. The first-order valence-electron chi connectivity index (χ1n) is 4.95. The van der Waals surface area contributed by atoms with Crippen molar-refractivity contribution in [1.82, 2.24) is 0 Å². The number of rotatable bonds is 5. The summed E-state index contributed by atoms with van der Waals surface area (Å²) in [4.78, 5) is 11.8. The predicted octanol–water partition coefficient (Wildman–Crippen LogP) is -0.0423. The Kier molecular flexibility index (Phi) is 4.76. The molecule has 16 heavy (non-hydrogen) atoms. The lowest BCUT2D eigenvalue weighted by molar-refractivity contribution is -0.885. The van der Waals surface area contributed by atoms with E-state index in [1.54, 1.807) is 7.11 Å². The summed E-state index contributed by atoms with van der Waals surface area (Å²) in [7, 11) is 3.56. The van der Waals surface area contributed by atoms with E-state index in [4.69, 9.17) is 10.5 Å². The van der Waals surface area contributed by atoms with E-state index < -0.39 is 0 Å². The lowest BCUT2D eigenvalue weighted by Gasteiger charge is -2.14. The van der Waals surface area contributed by atoms with E-state index in [2.05, 4.69) is 15.9 Å². The molecular formula is C11H16BrN2O2+. The number of primary amides is 1. The second kappa shape index (κ2) is 5.86. The van der Waals surface area contributed by atoms with Gasteiger partial charge in [-0.15, -0.1) is 0 Å². The standard InChI is InChI=1S/C11H15BrN2O2/c1-14(7-11(13)15)6-8-5-9(12)3-4-10(8)16-2/h3-5H,6-7H2,1-2H3,(H2,13,15)/p+1. The number of hydrogen-bond donors (Lipinski definition) is 2. The van der Waals surface area contributed by atoms with Crippen molar-refractivity contribution in [2.75, 3.05) is 20.7 Å². The van der Waals surface area contributed by atoms with Gasteiger partial charge in [0.05, 0.1) is 14.2 Å². The third kappa shape index (κ3) is 3.83. The second-order valence-corrected chi connectivity index (χ2v) is 4.65. The van der Waals surface area contributed by atoms with Crippen LogP contribution in [-0.4, -0.2) is 26.6 Å². The minimum Gasteiger partial charge on any atom is -0.496 e. The van der Waals surface area contributed by atoms with Gasteiger partial charge in [0, 0.05) is 10.0 Å². The van der Waals surface area contributed by atoms with Crippen molar-refractivity contribution in [3.05, 3.63) is 28.2 Å². The molecule has 1 rings (SSSR count). The number of likely N-dealkylation sites (N-methyl/N-ethyl adjacent to an activating group) is 1. The van der Waals surface area contributed by atoms with E-state index in [0.29, 0.717) is 13.1 Å². The summed E-state index contributed by atoms with van der Waals surface area (Å²) in [6, 6.07) is 5.81. The molecule has 0 aliphatic rings. The molecule has 0 bridgehead atoms. The third-order valence-electron chi connectivity index (χ3n) is 2.21. The number of carbonyl (C=O) groups is 1. The van der Waals surface area contributed by atoms with Gasteiger partial charge < -0.3 is 15.4 Å². The first-order chi connectivity index (χ1) is 7.52. The zero-order valence-electron chi connectivity index (χ0n) is 9.42. The highest BCUT2D eigenvalue weighted by Crippen LogP contribution is 2.21. The number of nitrogens with two attached hydrogens (primary N) is 1. The van der Waals surface area contributed by atoms with Crippen molar-refractivity contribution in [1.29, 1.82) is 0 Å². The number of ether oxygens (including phenoxy) is 1. The van der Waals surface area contributed by atoms with E-state index in [0.717, 1.165) is 20.7 Å². The Morgan fingerprint density at radius 2 is 2.25 bits per heavy atom. The van der Waals surface area contributed by atoms with E-state index in [9.17, 15) is 4.79 Å². The van der Waals surface area contributed by atoms with Crippen LogP contribution in [0.3, 0.4) is 0 Å². The van der Waals surface area contributed by atoms with Crippen molar-refractivity contribution in [2.24, 2.45) is 5.73 Å². The van der Waals surface area contributed by atoms with Gasteiger partial charge in [0.25, 0.3) is 5.91 Å². The molecule has 0 spiro atoms. The van der Waals surface area contributed by atoms with Crippen LogP contribution < -0.4 is 15.4 Å². The van der Waals surface area contributed by atoms with E-state index in [1.165, 1.54) is 0 Å². The Hall–Kier alpha value is -1.07. The molecular weight excluding hydrogens is 272 g/mol. The molecule has 1 amide bonds. The van der Waals surface area contributed by atoms with Gasteiger partial charge in [0.15, 0.2) is 6.54 Å². The molecule has 0 saturated heterocycles. The maximum Gasteiger partial charge on any atom is 0.272 e. The van der Waals surface area contributed by atoms with Crippen LogP contribution in [0, 0.1) is 0 Å². The number of methoxy groups -OCH3 is 1. The summed E-state index contributed by atoms with van der Waals surface area (Å²) in [6.45, 7) is 1.02. The number of carbonyl (C=O) groups excluding carboxylic acids is 1. The largest absolute Gasteiger partial charge is 0.496 e. The molecule has 1 aromatic carbocycles. The van der Waals surface area contributed by atoms with Crippen LogP contribution in [0.15, 0.2) is 22.7 Å². The minimum absolute atomic E-state index is 0.300. The van der Waals surface area contributed by atoms with Crippen LogP contribution in [0.25, 0.3) is 0 Å². The van der Waals surface area contributed by atoms with Crippen molar-refractivity contribution in [3.8, 4) is 5.75 Å². The highest BCUT2D eigenvalue weighted by Gasteiger charge is 2.11. The molecule has 1 atom stereocenters. The average molecular weight is 288 g/mol. The number of halogens is 1. The third-order valence-corrected chi connectivity index (χ3v) is 2.70. The van der Waals surface area contributed by atoms with E-state index >= 15 is 0 Å². The lowest BCUT2D eigenvalue weighted by Crippen LogP contribution is -3.08. The zero-order valence-corrected chi connectivity index (χ0v) is 11.0. The first kappa shape index (κ1) is 13.0. The Bertz CT molecular complexity index is 382. The Balaban J connectivity index is 2.78. The van der Waals surface area contributed by atoms with Crippen LogP contribution in [0.2, 0.25) is 0 Å². The fourth-order valence-corrected chi connectivity index (χ4v) is 1.98. The van der Waals surface area contributed by atoms with Gasteiger partial charge in [-0.2, -0.15) is 0 Å². The molecule has 0 radical (unpaired) electrons. The highest BCUT2D eigenvalue weighted by atomic mass is 79.9. The molecule has 0 aliphatic heterocycles. The van der Waals surface area contributed by atoms with Crippen LogP contribution in [0.5, 0.6) is 5.75 Å². The fourth-order valence-electron chi connectivity index (χ4n) is 1.57. The molecule has 4 nitrogen and oxygen atoms in total. The number of hydrogen-bond acceptors (Lipinski definition) is 2. The Morgan fingerprint density at radius 3 is 2.81 bits per heavy atom. The predicted molar refractivity (Wildman–Crippen MR) is 65.3 cm³/mol. The normalized spacial score (nSPS) is 12.2. The fraction of sp³-hybridized carbons (Fsp3) is 0.364. The molecule has 1 aromatic rings. The second-order valence-electron chi connectivity index (χ2n) is 3.73. The molecule has 88 valence electrons. The summed E-state index contributed by atoms with van der Waals surface area (Å²) in [6.07, 6.45) is 0. The number of benzene rings is 1. The van der Waals surface area contributed by atoms with Gasteiger partial charge in [-0.3, -0.25) is 4.79 Å². The molecule has 5 heteroatoms. The quantitative estimate of drug-likeness (QED) is 0.798. The molecule has 0 saturated carbocycles. The molecule has 0 heterocycles. The maximum atomic E-state index is 10.8. The van der Waals surface area contributed by atoms with E-state index in [-0.39, 0.29) is 5.91 Å². The molecule has 0 aliphatic carbocycles. The van der Waals surface area contributed by atoms with Gasteiger partial charge in [-0.1, -0.05) is 15.9 Å². The monoisotopic (exact) mass is 287 g/mol. The van der Waals surface area contributed by atoms with Crippen molar-refractivity contribution < 1.29 is 14.4 Å². The molecule has 0 fully saturated rings. The summed E-state index contributed by atoms with van der Waals surface area (Å²) in [5.74, 6) is 0.526. The summed E-state index contributed by atoms with van der Waals surface area (Å²) in [5, 5.41) is 0. The van der Waals surface area contributed by atoms with Gasteiger partial charge in [-0.25, -0.2) is 0 Å². The van der Waals surface area contributed by atoms with Gasteiger partial charge in [0.2, 0.25) is 0 Å². The van der Waals surface area contributed by atoms with Crippen LogP contribution in [-0.2, 0) is 11.3 Å².